The Morgan fingerprint density at radius 3 is 2.81 bits per heavy atom. The number of hydrogen-bond acceptors (Lipinski definition) is 1. The van der Waals surface area contributed by atoms with Crippen molar-refractivity contribution in [3.05, 3.63) is 34.1 Å². The van der Waals surface area contributed by atoms with Crippen molar-refractivity contribution in [2.45, 2.75) is 32.2 Å². The fraction of sp³-hybridized carbons (Fsp3) is 0.538. The summed E-state index contributed by atoms with van der Waals surface area (Å²) in [6, 6.07) is 4.91. The Morgan fingerprint density at radius 2 is 2.19 bits per heavy atom. The lowest BCUT2D eigenvalue weighted by Crippen LogP contribution is -2.31. The van der Waals surface area contributed by atoms with E-state index in [0.29, 0.717) is 5.92 Å². The highest BCUT2D eigenvalue weighted by atomic mass is 79.9. The molecule has 0 saturated heterocycles. The third kappa shape index (κ3) is 2.83. The molecule has 0 radical (unpaired) electrons. The second-order valence-electron chi connectivity index (χ2n) is 4.80. The Kier molecular flexibility index (Phi) is 3.65. The van der Waals surface area contributed by atoms with Crippen molar-refractivity contribution in [2.24, 2.45) is 17.6 Å². The van der Waals surface area contributed by atoms with Gasteiger partial charge < -0.3 is 5.73 Å². The van der Waals surface area contributed by atoms with Crippen LogP contribution in [0.15, 0.2) is 22.7 Å². The fourth-order valence-corrected chi connectivity index (χ4v) is 2.52. The lowest BCUT2D eigenvalue weighted by molar-refractivity contribution is 0.403. The molecule has 1 nitrogen and oxygen atoms in total. The van der Waals surface area contributed by atoms with Crippen LogP contribution >= 0.6 is 15.9 Å². The molecule has 0 heterocycles. The second-order valence-corrected chi connectivity index (χ2v) is 5.65. The van der Waals surface area contributed by atoms with E-state index >= 15 is 0 Å². The van der Waals surface area contributed by atoms with Crippen LogP contribution < -0.4 is 5.73 Å². The molecule has 0 aromatic heterocycles. The molecule has 2 unspecified atom stereocenters. The summed E-state index contributed by atoms with van der Waals surface area (Å²) in [5.41, 5.74) is 7.14. The van der Waals surface area contributed by atoms with Gasteiger partial charge in [0, 0.05) is 10.5 Å². The van der Waals surface area contributed by atoms with Crippen molar-refractivity contribution < 1.29 is 4.39 Å². The molecule has 3 heteroatoms. The topological polar surface area (TPSA) is 26.0 Å². The molecule has 0 amide bonds. The third-order valence-electron chi connectivity index (χ3n) is 3.50. The monoisotopic (exact) mass is 285 g/mol. The zero-order valence-electron chi connectivity index (χ0n) is 9.42. The van der Waals surface area contributed by atoms with Crippen LogP contribution in [0.4, 0.5) is 4.39 Å². The molecule has 1 aromatic rings. The molecule has 0 bridgehead atoms. The molecule has 1 aliphatic rings. The maximum Gasteiger partial charge on any atom is 0.123 e. The highest BCUT2D eigenvalue weighted by Crippen LogP contribution is 2.38. The van der Waals surface area contributed by atoms with E-state index < -0.39 is 0 Å². The van der Waals surface area contributed by atoms with Crippen molar-refractivity contribution in [2.75, 3.05) is 0 Å². The Balaban J connectivity index is 2.04. The molecular formula is C13H17BrFN. The van der Waals surface area contributed by atoms with Gasteiger partial charge in [-0.05, 0) is 54.9 Å². The van der Waals surface area contributed by atoms with Gasteiger partial charge in [-0.1, -0.05) is 22.9 Å². The van der Waals surface area contributed by atoms with Crippen LogP contribution in [-0.4, -0.2) is 6.04 Å². The van der Waals surface area contributed by atoms with Gasteiger partial charge in [0.25, 0.3) is 0 Å². The molecule has 2 rings (SSSR count). The van der Waals surface area contributed by atoms with Crippen LogP contribution in [0.2, 0.25) is 0 Å². The molecule has 88 valence electrons. The first-order valence-corrected chi connectivity index (χ1v) is 6.56. The van der Waals surface area contributed by atoms with Crippen LogP contribution in [-0.2, 0) is 6.42 Å². The van der Waals surface area contributed by atoms with Crippen molar-refractivity contribution in [3.8, 4) is 0 Å². The highest BCUT2D eigenvalue weighted by Gasteiger charge is 2.31. The smallest absolute Gasteiger partial charge is 0.123 e. The molecular weight excluding hydrogens is 269 g/mol. The zero-order chi connectivity index (χ0) is 11.7. The van der Waals surface area contributed by atoms with Crippen molar-refractivity contribution in [3.63, 3.8) is 0 Å². The zero-order valence-corrected chi connectivity index (χ0v) is 11.0. The van der Waals surface area contributed by atoms with E-state index in [1.54, 1.807) is 12.1 Å². The first-order chi connectivity index (χ1) is 7.58. The minimum Gasteiger partial charge on any atom is -0.327 e. The first-order valence-electron chi connectivity index (χ1n) is 5.77. The quantitative estimate of drug-likeness (QED) is 0.900. The van der Waals surface area contributed by atoms with E-state index in [4.69, 9.17) is 5.73 Å². The summed E-state index contributed by atoms with van der Waals surface area (Å²) in [6.45, 7) is 2.20. The van der Waals surface area contributed by atoms with E-state index in [1.165, 1.54) is 18.9 Å². The summed E-state index contributed by atoms with van der Waals surface area (Å²) >= 11 is 3.44. The highest BCUT2D eigenvalue weighted by molar-refractivity contribution is 9.10. The normalized spacial score (nSPS) is 19.5. The molecule has 2 N–H and O–H groups in total. The molecule has 1 aliphatic carbocycles. The van der Waals surface area contributed by atoms with Gasteiger partial charge in [0.2, 0.25) is 0 Å². The third-order valence-corrected chi connectivity index (χ3v) is 4.28. The molecule has 1 saturated carbocycles. The van der Waals surface area contributed by atoms with Gasteiger partial charge in [-0.15, -0.1) is 0 Å². The van der Waals surface area contributed by atoms with Gasteiger partial charge in [-0.3, -0.25) is 0 Å². The summed E-state index contributed by atoms with van der Waals surface area (Å²) in [6.07, 6.45) is 3.36. The summed E-state index contributed by atoms with van der Waals surface area (Å²) in [5, 5.41) is 0. The average molecular weight is 286 g/mol. The average Bonchev–Trinajstić information content (AvgIpc) is 3.06. The number of benzene rings is 1. The summed E-state index contributed by atoms with van der Waals surface area (Å²) in [4.78, 5) is 0. The molecule has 0 aliphatic heterocycles. The molecule has 1 aromatic carbocycles. The minimum absolute atomic E-state index is 0.130. The largest absolute Gasteiger partial charge is 0.327 e. The Hall–Kier alpha value is -0.410. The Labute approximate surface area is 104 Å². The summed E-state index contributed by atoms with van der Waals surface area (Å²) in [7, 11) is 0. The molecule has 16 heavy (non-hydrogen) atoms. The van der Waals surface area contributed by atoms with E-state index in [0.717, 1.165) is 22.4 Å². The lowest BCUT2D eigenvalue weighted by atomic mass is 9.92. The standard InChI is InChI=1S/C13H17BrFN/c1-8(9-2-3-9)13(16)7-10-6-11(15)4-5-12(10)14/h4-6,8-9,13H,2-3,7,16H2,1H3. The van der Waals surface area contributed by atoms with Crippen molar-refractivity contribution >= 4 is 15.9 Å². The second kappa shape index (κ2) is 4.84. The number of halogens is 2. The lowest BCUT2D eigenvalue weighted by Gasteiger charge is -2.20. The van der Waals surface area contributed by atoms with Crippen LogP contribution in [0.25, 0.3) is 0 Å². The summed E-state index contributed by atoms with van der Waals surface area (Å²) in [5.74, 6) is 1.14. The van der Waals surface area contributed by atoms with Crippen molar-refractivity contribution in [1.29, 1.82) is 0 Å². The molecule has 2 atom stereocenters. The number of hydrogen-bond donors (Lipinski definition) is 1. The fourth-order valence-electron chi connectivity index (χ4n) is 2.11. The van der Waals surface area contributed by atoms with Crippen molar-refractivity contribution in [1.82, 2.24) is 0 Å². The number of nitrogens with two attached hydrogens (primary N) is 1. The van der Waals surface area contributed by atoms with Gasteiger partial charge in [0.1, 0.15) is 5.82 Å². The Morgan fingerprint density at radius 1 is 1.50 bits per heavy atom. The molecule has 1 fully saturated rings. The Bertz CT molecular complexity index is 376. The SMILES string of the molecule is CC(C(N)Cc1cc(F)ccc1Br)C1CC1. The first kappa shape index (κ1) is 12.1. The van der Waals surface area contributed by atoms with Gasteiger partial charge in [-0.2, -0.15) is 0 Å². The predicted molar refractivity (Wildman–Crippen MR) is 67.7 cm³/mol. The van der Waals surface area contributed by atoms with E-state index in [-0.39, 0.29) is 11.9 Å². The van der Waals surface area contributed by atoms with E-state index in [1.807, 2.05) is 0 Å². The van der Waals surface area contributed by atoms with Crippen LogP contribution in [0.3, 0.4) is 0 Å². The van der Waals surface area contributed by atoms with E-state index in [9.17, 15) is 4.39 Å². The van der Waals surface area contributed by atoms with Gasteiger partial charge in [-0.25, -0.2) is 4.39 Å². The maximum absolute atomic E-state index is 13.1. The van der Waals surface area contributed by atoms with Gasteiger partial charge >= 0.3 is 0 Å². The maximum atomic E-state index is 13.1. The van der Waals surface area contributed by atoms with Gasteiger partial charge in [0.05, 0.1) is 0 Å². The van der Waals surface area contributed by atoms with Crippen LogP contribution in [0, 0.1) is 17.7 Å². The molecule has 0 spiro atoms. The van der Waals surface area contributed by atoms with Gasteiger partial charge in [0.15, 0.2) is 0 Å². The van der Waals surface area contributed by atoms with E-state index in [2.05, 4.69) is 22.9 Å². The van der Waals surface area contributed by atoms with Crippen LogP contribution in [0.5, 0.6) is 0 Å². The predicted octanol–water partition coefficient (Wildman–Crippen LogP) is 3.50. The van der Waals surface area contributed by atoms with Crippen LogP contribution in [0.1, 0.15) is 25.3 Å². The number of rotatable bonds is 4. The summed E-state index contributed by atoms with van der Waals surface area (Å²) < 4.78 is 14.1. The minimum atomic E-state index is -0.190.